The van der Waals surface area contributed by atoms with Gasteiger partial charge in [-0.25, -0.2) is 4.98 Å². The van der Waals surface area contributed by atoms with Gasteiger partial charge < -0.3 is 0 Å². The van der Waals surface area contributed by atoms with Crippen LogP contribution in [0.5, 0.6) is 0 Å². The molecule has 0 saturated heterocycles. The smallest absolute Gasteiger partial charge is 0.145 e. The molecule has 248 valence electrons. The molecule has 7 heteroatoms. The number of benzene rings is 9. The summed E-state index contributed by atoms with van der Waals surface area (Å²) in [4.78, 5) is 5.19. The van der Waals surface area contributed by atoms with Crippen LogP contribution in [0.3, 0.4) is 0 Å². The highest BCUT2D eigenvalue weighted by atomic mass is 15.1. The van der Waals surface area contributed by atoms with Crippen molar-refractivity contribution in [2.24, 2.45) is 0 Å². The van der Waals surface area contributed by atoms with Gasteiger partial charge in [-0.3, -0.25) is 4.57 Å². The highest BCUT2D eigenvalue weighted by Crippen LogP contribution is 2.44. The summed E-state index contributed by atoms with van der Waals surface area (Å²) in [5, 5.41) is 6.89. The Morgan fingerprint density at radius 3 is 1.46 bits per heavy atom. The van der Waals surface area contributed by atoms with E-state index >= 15 is 0 Å². The molecule has 0 unspecified atom stereocenters. The second-order valence-corrected chi connectivity index (χ2v) is 14.2. The summed E-state index contributed by atoms with van der Waals surface area (Å²) in [5.74, 6) is 0.893. The number of fused-ring (bicyclic) bond motifs is 4. The molecule has 0 aliphatic rings. The minimum Gasteiger partial charge on any atom is -0.292 e. The lowest BCUT2D eigenvalue weighted by molar-refractivity contribution is 1.11. The quantitative estimate of drug-likeness (QED) is 0.138. The maximum Gasteiger partial charge on any atom is 0.145 e. The van der Waals surface area contributed by atoms with Crippen molar-refractivity contribution in [3.63, 3.8) is 0 Å². The van der Waals surface area contributed by atoms with Crippen molar-refractivity contribution in [1.82, 2.24) is 9.55 Å². The van der Waals surface area contributed by atoms with Gasteiger partial charge in [0.05, 0.1) is 16.7 Å². The summed E-state index contributed by atoms with van der Waals surface area (Å²) in [6.45, 7) is 0. The summed E-state index contributed by atoms with van der Waals surface area (Å²) in [6.07, 6.45) is 0. The van der Waals surface area contributed by atoms with Gasteiger partial charge in [0.15, 0.2) is 0 Å². The number of para-hydroxylation sites is 2. The zero-order chi connectivity index (χ0) is 38.1. The molecule has 10 aromatic rings. The highest BCUT2D eigenvalue weighted by molar-refractivity contribution is 6.68. The van der Waals surface area contributed by atoms with E-state index in [-0.39, 0.29) is 16.4 Å². The first-order chi connectivity index (χ1) is 27.4. The maximum absolute atomic E-state index is 6.52. The van der Waals surface area contributed by atoms with Crippen LogP contribution in [0.1, 0.15) is 0 Å². The van der Waals surface area contributed by atoms with Crippen LogP contribution in [0.25, 0.3) is 93.8 Å². The van der Waals surface area contributed by atoms with E-state index in [0.29, 0.717) is 16.5 Å². The lowest BCUT2D eigenvalue weighted by Crippen LogP contribution is -2.55. The minimum atomic E-state index is 0.198. The molecular weight excluding hydrogens is 671 g/mol. The summed E-state index contributed by atoms with van der Waals surface area (Å²) in [7, 11) is 31.7. The number of nitrogens with zero attached hydrogens (tertiary/aromatic N) is 2. The standard InChI is InChI=1S/C49H27B5N2/c50-44-43(45(51)47(53)48(54)46(44)52)32-14-9-13-31(27-32)42-36-18-5-3-16-34(36)41(35-17-4-6-19-37(35)42)29-23-25-30(26-24-29)49-55-38-20-7-8-21-40(38)56(49)39-22-10-12-28-11-1-2-15-33(28)39/h1-27H. The van der Waals surface area contributed by atoms with E-state index in [0.717, 1.165) is 77.5 Å². The lowest BCUT2D eigenvalue weighted by Gasteiger charge is -2.22. The molecule has 0 aliphatic carbocycles. The average molecular weight is 698 g/mol. The van der Waals surface area contributed by atoms with E-state index in [1.54, 1.807) is 0 Å². The SMILES string of the molecule is [B]c1c([B])c([B])c(-c2cccc(-c3c4ccccc4c(-c4ccc(-c5nc6ccccc6n5-c5cccc6ccccc56)cc4)c4ccccc34)c2)c([B])c1[B]. The topological polar surface area (TPSA) is 17.8 Å². The zero-order valence-corrected chi connectivity index (χ0v) is 30.4. The monoisotopic (exact) mass is 698 g/mol. The maximum atomic E-state index is 6.52. The van der Waals surface area contributed by atoms with Crippen LogP contribution in [-0.2, 0) is 0 Å². The van der Waals surface area contributed by atoms with E-state index in [2.05, 4.69) is 150 Å². The molecule has 1 aromatic heterocycles. The molecule has 9 aromatic carbocycles. The summed E-state index contributed by atoms with van der Waals surface area (Å²) in [6, 6.07) is 57.5. The van der Waals surface area contributed by atoms with Crippen LogP contribution in [0.4, 0.5) is 0 Å². The Balaban J connectivity index is 1.15. The Labute approximate surface area is 332 Å². The molecular formula is C49H27B5N2. The first kappa shape index (κ1) is 34.1. The largest absolute Gasteiger partial charge is 0.292 e. The molecule has 0 atom stereocenters. The first-order valence-corrected chi connectivity index (χ1v) is 18.5. The fourth-order valence-corrected chi connectivity index (χ4v) is 8.39. The van der Waals surface area contributed by atoms with Gasteiger partial charge in [-0.15, -0.1) is 16.4 Å². The van der Waals surface area contributed by atoms with Gasteiger partial charge >= 0.3 is 0 Å². The van der Waals surface area contributed by atoms with Crippen molar-refractivity contribution >= 4 is 110 Å². The van der Waals surface area contributed by atoms with Crippen molar-refractivity contribution in [1.29, 1.82) is 0 Å². The third-order valence-electron chi connectivity index (χ3n) is 11.1. The van der Waals surface area contributed by atoms with Gasteiger partial charge in [0.2, 0.25) is 0 Å². The van der Waals surface area contributed by atoms with Gasteiger partial charge in [-0.1, -0.05) is 150 Å². The Kier molecular flexibility index (Phi) is 8.15. The van der Waals surface area contributed by atoms with E-state index in [4.69, 9.17) is 44.2 Å². The third-order valence-corrected chi connectivity index (χ3v) is 11.1. The van der Waals surface area contributed by atoms with Crippen molar-refractivity contribution in [3.8, 4) is 50.5 Å². The van der Waals surface area contributed by atoms with E-state index in [1.807, 2.05) is 18.2 Å². The van der Waals surface area contributed by atoms with Crippen molar-refractivity contribution in [3.05, 3.63) is 164 Å². The number of hydrogen-bond acceptors (Lipinski definition) is 1. The van der Waals surface area contributed by atoms with Crippen LogP contribution in [0, 0.1) is 0 Å². The summed E-state index contributed by atoms with van der Waals surface area (Å²) < 4.78 is 2.29. The molecule has 1 heterocycles. The molecule has 0 N–H and O–H groups in total. The number of aromatic nitrogens is 2. The van der Waals surface area contributed by atoms with Gasteiger partial charge in [0.1, 0.15) is 45.1 Å². The Morgan fingerprint density at radius 1 is 0.357 bits per heavy atom. The molecule has 0 bridgehead atoms. The second kappa shape index (κ2) is 13.4. The Bertz CT molecular complexity index is 3110. The number of rotatable bonds is 5. The van der Waals surface area contributed by atoms with Crippen LogP contribution in [0.2, 0.25) is 0 Å². The molecule has 0 fully saturated rings. The fourth-order valence-electron chi connectivity index (χ4n) is 8.39. The highest BCUT2D eigenvalue weighted by Gasteiger charge is 2.20. The van der Waals surface area contributed by atoms with Crippen molar-refractivity contribution < 1.29 is 0 Å². The fraction of sp³-hybridized carbons (Fsp3) is 0. The van der Waals surface area contributed by atoms with Crippen LogP contribution >= 0.6 is 0 Å². The van der Waals surface area contributed by atoms with E-state index in [1.165, 1.54) is 10.8 Å². The number of hydrogen-bond donors (Lipinski definition) is 0. The summed E-state index contributed by atoms with van der Waals surface area (Å²) >= 11 is 0. The van der Waals surface area contributed by atoms with Gasteiger partial charge in [-0.05, 0) is 84.6 Å². The predicted molar refractivity (Wildman–Crippen MR) is 242 cm³/mol. The molecule has 0 amide bonds. The van der Waals surface area contributed by atoms with Crippen LogP contribution in [0.15, 0.2) is 164 Å². The van der Waals surface area contributed by atoms with Crippen LogP contribution < -0.4 is 27.3 Å². The second-order valence-electron chi connectivity index (χ2n) is 14.2. The number of imidazole rings is 1. The summed E-state index contributed by atoms with van der Waals surface area (Å²) in [5.41, 5.74) is 11.2. The lowest BCUT2D eigenvalue weighted by atomic mass is 9.59. The molecule has 0 spiro atoms. The van der Waals surface area contributed by atoms with Crippen molar-refractivity contribution in [2.45, 2.75) is 0 Å². The molecule has 0 saturated carbocycles. The van der Waals surface area contributed by atoms with Gasteiger partial charge in [0, 0.05) is 10.9 Å². The van der Waals surface area contributed by atoms with E-state index in [9.17, 15) is 0 Å². The molecule has 56 heavy (non-hydrogen) atoms. The van der Waals surface area contributed by atoms with Crippen LogP contribution in [-0.4, -0.2) is 48.8 Å². The minimum absolute atomic E-state index is 0.198. The average Bonchev–Trinajstić information content (AvgIpc) is 3.63. The molecule has 10 rings (SSSR count). The molecule has 10 radical (unpaired) electrons. The molecule has 2 nitrogen and oxygen atoms in total. The Morgan fingerprint density at radius 2 is 0.821 bits per heavy atom. The first-order valence-electron chi connectivity index (χ1n) is 18.5. The van der Waals surface area contributed by atoms with Crippen molar-refractivity contribution in [2.75, 3.05) is 0 Å². The Hall–Kier alpha value is -6.45. The normalized spacial score (nSPS) is 11.6. The van der Waals surface area contributed by atoms with Gasteiger partial charge in [-0.2, -0.15) is 0 Å². The molecule has 0 aliphatic heterocycles. The zero-order valence-electron chi connectivity index (χ0n) is 30.4. The third kappa shape index (κ3) is 5.29. The van der Waals surface area contributed by atoms with E-state index < -0.39 is 0 Å². The van der Waals surface area contributed by atoms with Gasteiger partial charge in [0.25, 0.3) is 0 Å². The predicted octanol–water partition coefficient (Wildman–Crippen LogP) is 7.12.